The summed E-state index contributed by atoms with van der Waals surface area (Å²) in [6.45, 7) is 0.667. The maximum Gasteiger partial charge on any atom is 0.316 e. The van der Waals surface area contributed by atoms with Gasteiger partial charge in [-0.3, -0.25) is 0 Å². The molecule has 0 radical (unpaired) electrons. The van der Waals surface area contributed by atoms with Crippen LogP contribution in [0.25, 0.3) is 0 Å². The maximum absolute atomic E-state index is 10.7. The highest BCUT2D eigenvalue weighted by molar-refractivity contribution is 9.10. The fourth-order valence-corrected chi connectivity index (χ4v) is 2.50. The molecule has 0 aliphatic carbocycles. The van der Waals surface area contributed by atoms with Gasteiger partial charge >= 0.3 is 6.03 Å². The van der Waals surface area contributed by atoms with Gasteiger partial charge in [0.2, 0.25) is 0 Å². The lowest BCUT2D eigenvalue weighted by Crippen LogP contribution is -2.19. The van der Waals surface area contributed by atoms with E-state index in [1.807, 2.05) is 30.3 Å². The number of anilines is 2. The molecule has 0 atom stereocenters. The molecule has 104 valence electrons. The quantitative estimate of drug-likeness (QED) is 0.770. The third kappa shape index (κ3) is 4.15. The zero-order valence-electron chi connectivity index (χ0n) is 10.5. The van der Waals surface area contributed by atoms with Gasteiger partial charge in [-0.2, -0.15) is 0 Å². The zero-order chi connectivity index (χ0) is 14.5. The first kappa shape index (κ1) is 14.7. The van der Waals surface area contributed by atoms with E-state index in [9.17, 15) is 4.79 Å². The molecule has 0 heterocycles. The minimum atomic E-state index is -0.573. The van der Waals surface area contributed by atoms with E-state index in [1.54, 1.807) is 12.1 Å². The minimum absolute atomic E-state index is 0.573. The number of nitrogens with two attached hydrogens (primary N) is 1. The number of nitrogens with one attached hydrogen (secondary N) is 2. The van der Waals surface area contributed by atoms with Crippen LogP contribution < -0.4 is 16.4 Å². The van der Waals surface area contributed by atoms with Crippen LogP contribution in [-0.2, 0) is 6.54 Å². The SMILES string of the molecule is NC(=O)Nc1ccc(NCc2ccc(Cl)cc2Br)cc1. The molecule has 0 saturated carbocycles. The molecule has 2 aromatic rings. The molecule has 6 heteroatoms. The molecule has 0 fully saturated rings. The Morgan fingerprint density at radius 1 is 1.15 bits per heavy atom. The summed E-state index contributed by atoms with van der Waals surface area (Å²) in [5.74, 6) is 0. The van der Waals surface area contributed by atoms with Crippen LogP contribution in [0.2, 0.25) is 5.02 Å². The molecule has 0 bridgehead atoms. The number of urea groups is 1. The molecule has 4 N–H and O–H groups in total. The zero-order valence-corrected chi connectivity index (χ0v) is 12.8. The number of hydrogen-bond donors (Lipinski definition) is 3. The van der Waals surface area contributed by atoms with Gasteiger partial charge in [0, 0.05) is 27.4 Å². The van der Waals surface area contributed by atoms with E-state index in [0.29, 0.717) is 17.3 Å². The van der Waals surface area contributed by atoms with Crippen molar-refractivity contribution >= 4 is 44.9 Å². The van der Waals surface area contributed by atoms with Crippen LogP contribution >= 0.6 is 27.5 Å². The second-order valence-electron chi connectivity index (χ2n) is 4.16. The number of benzene rings is 2. The van der Waals surface area contributed by atoms with Crippen LogP contribution in [0.3, 0.4) is 0 Å². The molecule has 0 aromatic heterocycles. The normalized spacial score (nSPS) is 10.1. The first-order valence-electron chi connectivity index (χ1n) is 5.89. The van der Waals surface area contributed by atoms with Crippen LogP contribution in [-0.4, -0.2) is 6.03 Å². The third-order valence-corrected chi connectivity index (χ3v) is 3.62. The standard InChI is InChI=1S/C14H13BrClN3O/c15-13-7-10(16)2-1-9(13)8-18-11-3-5-12(6-4-11)19-14(17)20/h1-7,18H,8H2,(H3,17,19,20). The lowest BCUT2D eigenvalue weighted by Gasteiger charge is -2.09. The molecule has 0 spiro atoms. The fourth-order valence-electron chi connectivity index (χ4n) is 1.68. The van der Waals surface area contributed by atoms with Crippen LogP contribution in [0.5, 0.6) is 0 Å². The molecular formula is C14H13BrClN3O. The smallest absolute Gasteiger partial charge is 0.316 e. The average Bonchev–Trinajstić information content (AvgIpc) is 2.39. The summed E-state index contributed by atoms with van der Waals surface area (Å²) >= 11 is 9.37. The molecule has 2 amide bonds. The second kappa shape index (κ2) is 6.63. The second-order valence-corrected chi connectivity index (χ2v) is 5.45. The van der Waals surface area contributed by atoms with Gasteiger partial charge in [0.25, 0.3) is 0 Å². The van der Waals surface area contributed by atoms with E-state index in [2.05, 4.69) is 26.6 Å². The monoisotopic (exact) mass is 353 g/mol. The number of rotatable bonds is 4. The number of carbonyl (C=O) groups excluding carboxylic acids is 1. The maximum atomic E-state index is 10.7. The topological polar surface area (TPSA) is 67.2 Å². The van der Waals surface area contributed by atoms with Crippen molar-refractivity contribution < 1.29 is 4.79 Å². The summed E-state index contributed by atoms with van der Waals surface area (Å²) < 4.78 is 0.963. The van der Waals surface area contributed by atoms with Crippen LogP contribution in [0, 0.1) is 0 Å². The summed E-state index contributed by atoms with van der Waals surface area (Å²) in [5, 5.41) is 6.49. The van der Waals surface area contributed by atoms with Crippen molar-refractivity contribution in [3.05, 3.63) is 57.5 Å². The predicted octanol–water partition coefficient (Wildman–Crippen LogP) is 4.21. The lowest BCUT2D eigenvalue weighted by molar-refractivity contribution is 0.259. The lowest BCUT2D eigenvalue weighted by atomic mass is 10.2. The third-order valence-electron chi connectivity index (χ3n) is 2.65. The first-order valence-corrected chi connectivity index (χ1v) is 7.06. The number of halogens is 2. The minimum Gasteiger partial charge on any atom is -0.381 e. The van der Waals surface area contributed by atoms with Crippen LogP contribution in [0.1, 0.15) is 5.56 Å². The van der Waals surface area contributed by atoms with E-state index in [-0.39, 0.29) is 0 Å². The van der Waals surface area contributed by atoms with Crippen molar-refractivity contribution in [2.75, 3.05) is 10.6 Å². The molecule has 2 aromatic carbocycles. The summed E-state index contributed by atoms with van der Waals surface area (Å²) in [5.41, 5.74) is 7.76. The highest BCUT2D eigenvalue weighted by Gasteiger charge is 2.01. The van der Waals surface area contributed by atoms with Gasteiger partial charge in [-0.1, -0.05) is 33.6 Å². The van der Waals surface area contributed by atoms with E-state index >= 15 is 0 Å². The molecular weight excluding hydrogens is 342 g/mol. The van der Waals surface area contributed by atoms with Crippen molar-refractivity contribution in [2.45, 2.75) is 6.54 Å². The Kier molecular flexibility index (Phi) is 4.87. The Morgan fingerprint density at radius 2 is 1.80 bits per heavy atom. The summed E-state index contributed by atoms with van der Waals surface area (Å²) in [4.78, 5) is 10.7. The Hall–Kier alpha value is -1.72. The van der Waals surface area contributed by atoms with Gasteiger partial charge in [-0.15, -0.1) is 0 Å². The van der Waals surface area contributed by atoms with Gasteiger partial charge in [0.1, 0.15) is 0 Å². The van der Waals surface area contributed by atoms with Gasteiger partial charge < -0.3 is 16.4 Å². The number of amides is 2. The Morgan fingerprint density at radius 3 is 2.40 bits per heavy atom. The van der Waals surface area contributed by atoms with Gasteiger partial charge in [-0.25, -0.2) is 4.79 Å². The predicted molar refractivity (Wildman–Crippen MR) is 86.1 cm³/mol. The van der Waals surface area contributed by atoms with E-state index in [4.69, 9.17) is 17.3 Å². The average molecular weight is 355 g/mol. The summed E-state index contributed by atoms with van der Waals surface area (Å²) in [6, 6.07) is 12.4. The fraction of sp³-hybridized carbons (Fsp3) is 0.0714. The van der Waals surface area contributed by atoms with Crippen molar-refractivity contribution in [3.63, 3.8) is 0 Å². The van der Waals surface area contributed by atoms with Gasteiger partial charge in [0.15, 0.2) is 0 Å². The molecule has 4 nitrogen and oxygen atoms in total. The van der Waals surface area contributed by atoms with Gasteiger partial charge in [0.05, 0.1) is 0 Å². The Bertz CT molecular complexity index is 616. The molecule has 0 unspecified atom stereocenters. The van der Waals surface area contributed by atoms with Gasteiger partial charge in [-0.05, 0) is 42.0 Å². The summed E-state index contributed by atoms with van der Waals surface area (Å²) in [7, 11) is 0. The van der Waals surface area contributed by atoms with Crippen LogP contribution in [0.15, 0.2) is 46.9 Å². The number of hydrogen-bond acceptors (Lipinski definition) is 2. The molecule has 0 saturated heterocycles. The van der Waals surface area contributed by atoms with Crippen molar-refractivity contribution in [1.29, 1.82) is 0 Å². The molecule has 0 aliphatic rings. The number of carbonyl (C=O) groups is 1. The van der Waals surface area contributed by atoms with Crippen molar-refractivity contribution in [2.24, 2.45) is 5.73 Å². The highest BCUT2D eigenvalue weighted by atomic mass is 79.9. The summed E-state index contributed by atoms with van der Waals surface area (Å²) in [6.07, 6.45) is 0. The van der Waals surface area contributed by atoms with E-state index < -0.39 is 6.03 Å². The highest BCUT2D eigenvalue weighted by Crippen LogP contribution is 2.22. The Balaban J connectivity index is 1.98. The number of primary amides is 1. The van der Waals surface area contributed by atoms with Crippen molar-refractivity contribution in [1.82, 2.24) is 0 Å². The molecule has 20 heavy (non-hydrogen) atoms. The van der Waals surface area contributed by atoms with E-state index in [0.717, 1.165) is 15.7 Å². The van der Waals surface area contributed by atoms with Crippen LogP contribution in [0.4, 0.5) is 16.2 Å². The van der Waals surface area contributed by atoms with Crippen molar-refractivity contribution in [3.8, 4) is 0 Å². The van der Waals surface area contributed by atoms with E-state index in [1.165, 1.54) is 0 Å². The first-order chi connectivity index (χ1) is 9.54. The molecule has 2 rings (SSSR count). The Labute approximate surface area is 130 Å². The largest absolute Gasteiger partial charge is 0.381 e. The molecule has 0 aliphatic heterocycles.